The molecule has 0 saturated carbocycles. The van der Waals surface area contributed by atoms with Crippen LogP contribution in [0.1, 0.15) is 38.2 Å². The quantitative estimate of drug-likeness (QED) is 0.394. The summed E-state index contributed by atoms with van der Waals surface area (Å²) >= 11 is 0. The Balaban J connectivity index is 2.93. The number of anilines is 1. The fourth-order valence-electron chi connectivity index (χ4n) is 2.56. The monoisotopic (exact) mass is 310 g/mol. The molecular weight excluding hydrogens is 284 g/mol. The molecule has 0 bridgehead atoms. The van der Waals surface area contributed by atoms with Crippen molar-refractivity contribution in [3.63, 3.8) is 0 Å². The Kier molecular flexibility index (Phi) is 7.84. The molecule has 0 aliphatic heterocycles. The van der Waals surface area contributed by atoms with E-state index in [2.05, 4.69) is 11.8 Å². The van der Waals surface area contributed by atoms with Crippen molar-refractivity contribution < 1.29 is 15.1 Å². The number of aliphatic hydroxyl groups is 2. The number of unbranched alkanes of at least 4 members (excludes halogenated alkanes) is 1. The van der Waals surface area contributed by atoms with Gasteiger partial charge in [0.15, 0.2) is 0 Å². The summed E-state index contributed by atoms with van der Waals surface area (Å²) in [5.74, 6) is 0. The van der Waals surface area contributed by atoms with Crippen LogP contribution in [0.4, 0.5) is 11.4 Å². The molecule has 0 aromatic heterocycles. The van der Waals surface area contributed by atoms with Gasteiger partial charge in [0.25, 0.3) is 5.69 Å². The van der Waals surface area contributed by atoms with Crippen molar-refractivity contribution in [3.05, 3.63) is 33.9 Å². The number of aliphatic hydroxyl groups excluding tert-OH is 2. The lowest BCUT2D eigenvalue weighted by Crippen LogP contribution is -2.34. The Bertz CT molecular complexity index is 479. The zero-order valence-electron chi connectivity index (χ0n) is 13.4. The molecule has 1 unspecified atom stereocenters. The lowest BCUT2D eigenvalue weighted by Gasteiger charge is -2.31. The van der Waals surface area contributed by atoms with Crippen LogP contribution in [0.25, 0.3) is 0 Å². The third-order valence-corrected chi connectivity index (χ3v) is 3.83. The third-order valence-electron chi connectivity index (χ3n) is 3.83. The standard InChI is InChI=1S/C16H26N2O4/c1-13-12-15(7-8-16(13)18(21)22)17(9-3-4-10-19)14(2)6-5-11-20/h7-8,12,14,19-20H,3-6,9-11H2,1-2H3. The van der Waals surface area contributed by atoms with Gasteiger partial charge in [-0.15, -0.1) is 0 Å². The number of nitro groups is 1. The fraction of sp³-hybridized carbons (Fsp3) is 0.625. The molecular formula is C16H26N2O4. The molecule has 2 N–H and O–H groups in total. The van der Waals surface area contributed by atoms with Crippen LogP contribution in [-0.2, 0) is 0 Å². The van der Waals surface area contributed by atoms with E-state index in [0.29, 0.717) is 5.56 Å². The topological polar surface area (TPSA) is 86.8 Å². The molecule has 0 fully saturated rings. The molecule has 6 heteroatoms. The highest BCUT2D eigenvalue weighted by Crippen LogP contribution is 2.26. The van der Waals surface area contributed by atoms with Gasteiger partial charge in [0.05, 0.1) is 4.92 Å². The summed E-state index contributed by atoms with van der Waals surface area (Å²) in [5, 5.41) is 28.9. The van der Waals surface area contributed by atoms with Crippen molar-refractivity contribution in [1.29, 1.82) is 0 Å². The first kappa shape index (κ1) is 18.4. The van der Waals surface area contributed by atoms with Crippen molar-refractivity contribution in [1.82, 2.24) is 0 Å². The Hall–Kier alpha value is -1.66. The maximum absolute atomic E-state index is 10.9. The van der Waals surface area contributed by atoms with Crippen LogP contribution in [0.5, 0.6) is 0 Å². The number of benzene rings is 1. The van der Waals surface area contributed by atoms with Crippen LogP contribution < -0.4 is 4.90 Å². The lowest BCUT2D eigenvalue weighted by molar-refractivity contribution is -0.385. The Morgan fingerprint density at radius 3 is 2.45 bits per heavy atom. The van der Waals surface area contributed by atoms with Crippen LogP contribution in [-0.4, -0.2) is 40.9 Å². The second-order valence-corrected chi connectivity index (χ2v) is 5.57. The summed E-state index contributed by atoms with van der Waals surface area (Å²) < 4.78 is 0. The molecule has 1 atom stereocenters. The van der Waals surface area contributed by atoms with Gasteiger partial charge in [0.1, 0.15) is 0 Å². The first-order valence-corrected chi connectivity index (χ1v) is 7.74. The Morgan fingerprint density at radius 2 is 1.91 bits per heavy atom. The van der Waals surface area contributed by atoms with Gasteiger partial charge in [-0.05, 0) is 51.7 Å². The summed E-state index contributed by atoms with van der Waals surface area (Å²) in [7, 11) is 0. The number of hydrogen-bond donors (Lipinski definition) is 2. The van der Waals surface area contributed by atoms with Gasteiger partial charge < -0.3 is 15.1 Å². The van der Waals surface area contributed by atoms with E-state index in [4.69, 9.17) is 10.2 Å². The largest absolute Gasteiger partial charge is 0.396 e. The lowest BCUT2D eigenvalue weighted by atomic mass is 10.1. The fourth-order valence-corrected chi connectivity index (χ4v) is 2.56. The van der Waals surface area contributed by atoms with E-state index in [0.717, 1.165) is 37.9 Å². The van der Waals surface area contributed by atoms with E-state index in [-0.39, 0.29) is 29.9 Å². The van der Waals surface area contributed by atoms with Gasteiger partial charge in [0, 0.05) is 43.1 Å². The number of nitrogens with zero attached hydrogens (tertiary/aromatic N) is 2. The number of nitro benzene ring substituents is 1. The van der Waals surface area contributed by atoms with Crippen molar-refractivity contribution in [2.75, 3.05) is 24.7 Å². The molecule has 0 amide bonds. The average molecular weight is 310 g/mol. The Morgan fingerprint density at radius 1 is 1.23 bits per heavy atom. The molecule has 1 rings (SSSR count). The molecule has 124 valence electrons. The van der Waals surface area contributed by atoms with Crippen molar-refractivity contribution in [3.8, 4) is 0 Å². The molecule has 0 aliphatic rings. The van der Waals surface area contributed by atoms with Crippen molar-refractivity contribution in [2.24, 2.45) is 0 Å². The van der Waals surface area contributed by atoms with Gasteiger partial charge in [-0.1, -0.05) is 0 Å². The summed E-state index contributed by atoms with van der Waals surface area (Å²) in [4.78, 5) is 12.8. The maximum atomic E-state index is 10.9. The molecule has 6 nitrogen and oxygen atoms in total. The number of aryl methyl sites for hydroxylation is 1. The minimum Gasteiger partial charge on any atom is -0.396 e. The van der Waals surface area contributed by atoms with E-state index in [1.165, 1.54) is 0 Å². The molecule has 1 aromatic carbocycles. The highest BCUT2D eigenvalue weighted by atomic mass is 16.6. The van der Waals surface area contributed by atoms with E-state index < -0.39 is 0 Å². The number of rotatable bonds is 10. The molecule has 22 heavy (non-hydrogen) atoms. The highest BCUT2D eigenvalue weighted by Gasteiger charge is 2.17. The third kappa shape index (κ3) is 5.27. The average Bonchev–Trinajstić information content (AvgIpc) is 2.48. The zero-order valence-corrected chi connectivity index (χ0v) is 13.4. The summed E-state index contributed by atoms with van der Waals surface area (Å²) in [6.07, 6.45) is 3.17. The molecule has 0 aliphatic carbocycles. The molecule has 0 spiro atoms. The van der Waals surface area contributed by atoms with Gasteiger partial charge in [-0.25, -0.2) is 0 Å². The maximum Gasteiger partial charge on any atom is 0.272 e. The van der Waals surface area contributed by atoms with Gasteiger partial charge >= 0.3 is 0 Å². The predicted molar refractivity (Wildman–Crippen MR) is 87.3 cm³/mol. The first-order valence-electron chi connectivity index (χ1n) is 7.74. The molecule has 1 aromatic rings. The van der Waals surface area contributed by atoms with Gasteiger partial charge in [-0.2, -0.15) is 0 Å². The van der Waals surface area contributed by atoms with Crippen LogP contribution in [0, 0.1) is 17.0 Å². The van der Waals surface area contributed by atoms with Gasteiger partial charge in [-0.3, -0.25) is 10.1 Å². The van der Waals surface area contributed by atoms with E-state index in [9.17, 15) is 10.1 Å². The van der Waals surface area contributed by atoms with E-state index >= 15 is 0 Å². The van der Waals surface area contributed by atoms with Crippen LogP contribution in [0.2, 0.25) is 0 Å². The number of hydrogen-bond acceptors (Lipinski definition) is 5. The zero-order chi connectivity index (χ0) is 16.5. The second-order valence-electron chi connectivity index (χ2n) is 5.57. The normalized spacial score (nSPS) is 12.2. The van der Waals surface area contributed by atoms with Crippen LogP contribution in [0.3, 0.4) is 0 Å². The highest BCUT2D eigenvalue weighted by molar-refractivity contribution is 5.55. The van der Waals surface area contributed by atoms with E-state index in [1.807, 2.05) is 6.07 Å². The minimum atomic E-state index is -0.371. The molecule has 0 radical (unpaired) electrons. The molecule has 0 saturated heterocycles. The minimum absolute atomic E-state index is 0.127. The Labute approximate surface area is 131 Å². The smallest absolute Gasteiger partial charge is 0.272 e. The van der Waals surface area contributed by atoms with Crippen molar-refractivity contribution in [2.45, 2.75) is 45.6 Å². The van der Waals surface area contributed by atoms with Crippen LogP contribution >= 0.6 is 0 Å². The SMILES string of the molecule is Cc1cc(N(CCCCO)C(C)CCCO)ccc1[N+](=O)[O-]. The second kappa shape index (κ2) is 9.38. The van der Waals surface area contributed by atoms with E-state index in [1.54, 1.807) is 19.1 Å². The predicted octanol–water partition coefficient (Wildman–Crippen LogP) is 2.64. The summed E-state index contributed by atoms with van der Waals surface area (Å²) in [6, 6.07) is 5.39. The summed E-state index contributed by atoms with van der Waals surface area (Å²) in [5.41, 5.74) is 1.72. The first-order chi connectivity index (χ1) is 10.5. The van der Waals surface area contributed by atoms with Crippen LogP contribution in [0.15, 0.2) is 18.2 Å². The molecule has 0 heterocycles. The van der Waals surface area contributed by atoms with Crippen molar-refractivity contribution >= 4 is 11.4 Å². The summed E-state index contributed by atoms with van der Waals surface area (Å²) in [6.45, 7) is 4.94. The van der Waals surface area contributed by atoms with Gasteiger partial charge in [0.2, 0.25) is 0 Å².